The van der Waals surface area contributed by atoms with Gasteiger partial charge in [-0.1, -0.05) is 48.5 Å². The van der Waals surface area contributed by atoms with Gasteiger partial charge in [-0.3, -0.25) is 4.90 Å². The van der Waals surface area contributed by atoms with Crippen LogP contribution in [0.25, 0.3) is 11.1 Å². The normalized spacial score (nSPS) is 22.3. The molecule has 2 bridgehead atoms. The summed E-state index contributed by atoms with van der Waals surface area (Å²) >= 11 is 0. The largest absolute Gasteiger partial charge is 0.454 e. The third-order valence-electron chi connectivity index (χ3n) is 6.53. The Morgan fingerprint density at radius 2 is 1.64 bits per heavy atom. The average molecular weight is 369 g/mol. The lowest BCUT2D eigenvalue weighted by molar-refractivity contribution is 0.145. The SMILES string of the molecule is c1ccc(CN2CC[C@@H]3CC2c2cc(-c4ccc5c(c4)OCO5)ccc23)cc1. The van der Waals surface area contributed by atoms with Gasteiger partial charge >= 0.3 is 0 Å². The first-order valence-corrected chi connectivity index (χ1v) is 10.2. The van der Waals surface area contributed by atoms with Crippen LogP contribution in [0.15, 0.2) is 66.7 Å². The summed E-state index contributed by atoms with van der Waals surface area (Å²) in [5, 5.41) is 0. The van der Waals surface area contributed by atoms with Gasteiger partial charge in [-0.25, -0.2) is 0 Å². The fourth-order valence-corrected chi connectivity index (χ4v) is 5.12. The lowest BCUT2D eigenvalue weighted by Gasteiger charge is -2.33. The van der Waals surface area contributed by atoms with E-state index in [2.05, 4.69) is 65.6 Å². The molecular weight excluding hydrogens is 346 g/mol. The molecule has 0 saturated carbocycles. The lowest BCUT2D eigenvalue weighted by atomic mass is 9.94. The highest BCUT2D eigenvalue weighted by atomic mass is 16.7. The minimum atomic E-state index is 0.321. The molecule has 3 heteroatoms. The van der Waals surface area contributed by atoms with Crippen LogP contribution in [0.5, 0.6) is 11.5 Å². The van der Waals surface area contributed by atoms with Crippen LogP contribution >= 0.6 is 0 Å². The standard InChI is InChI=1S/C25H23NO2/c1-2-4-17(5-3-1)15-26-11-10-20-13-23(26)22-12-18(6-8-21(20)22)19-7-9-24-25(14-19)28-16-27-24/h1-9,12,14,20,23H,10-11,13,15-16H2/t20-,23?/m1/s1. The lowest BCUT2D eigenvalue weighted by Crippen LogP contribution is -2.31. The first kappa shape index (κ1) is 16.2. The van der Waals surface area contributed by atoms with E-state index in [-0.39, 0.29) is 0 Å². The number of piperidine rings is 1. The Morgan fingerprint density at radius 1 is 0.821 bits per heavy atom. The van der Waals surface area contributed by atoms with E-state index in [0.717, 1.165) is 24.0 Å². The van der Waals surface area contributed by atoms with Crippen molar-refractivity contribution in [3.63, 3.8) is 0 Å². The third kappa shape index (κ3) is 2.61. The number of benzene rings is 3. The van der Waals surface area contributed by atoms with Crippen molar-refractivity contribution in [3.05, 3.63) is 83.4 Å². The van der Waals surface area contributed by atoms with Gasteiger partial charge in [0, 0.05) is 12.6 Å². The molecule has 1 aliphatic carbocycles. The van der Waals surface area contributed by atoms with Crippen LogP contribution in [0.1, 0.15) is 41.5 Å². The van der Waals surface area contributed by atoms with E-state index in [9.17, 15) is 0 Å². The molecule has 140 valence electrons. The van der Waals surface area contributed by atoms with Crippen molar-refractivity contribution in [2.75, 3.05) is 13.3 Å². The second-order valence-corrected chi connectivity index (χ2v) is 8.10. The highest BCUT2D eigenvalue weighted by molar-refractivity contribution is 5.69. The summed E-state index contributed by atoms with van der Waals surface area (Å²) in [6, 6.07) is 24.7. The first-order chi connectivity index (χ1) is 13.8. The number of likely N-dealkylation sites (tertiary alicyclic amines) is 1. The molecule has 2 aliphatic heterocycles. The zero-order valence-electron chi connectivity index (χ0n) is 15.8. The summed E-state index contributed by atoms with van der Waals surface area (Å²) in [7, 11) is 0. The second kappa shape index (κ2) is 6.39. The minimum Gasteiger partial charge on any atom is -0.454 e. The van der Waals surface area contributed by atoms with Crippen molar-refractivity contribution >= 4 is 0 Å². The Bertz CT molecular complexity index is 1030. The summed E-state index contributed by atoms with van der Waals surface area (Å²) in [5.74, 6) is 2.41. The zero-order valence-corrected chi connectivity index (χ0v) is 15.8. The molecular formula is C25H23NO2. The first-order valence-electron chi connectivity index (χ1n) is 10.2. The molecule has 1 saturated heterocycles. The topological polar surface area (TPSA) is 21.7 Å². The maximum Gasteiger partial charge on any atom is 0.231 e. The average Bonchev–Trinajstić information content (AvgIpc) is 3.33. The molecule has 0 N–H and O–H groups in total. The van der Waals surface area contributed by atoms with Gasteiger partial charge in [-0.2, -0.15) is 0 Å². The van der Waals surface area contributed by atoms with Crippen LogP contribution in [-0.2, 0) is 6.54 Å². The molecule has 0 spiro atoms. The molecule has 2 atom stereocenters. The molecule has 3 aromatic rings. The van der Waals surface area contributed by atoms with Crippen LogP contribution in [-0.4, -0.2) is 18.2 Å². The van der Waals surface area contributed by atoms with Gasteiger partial charge in [0.15, 0.2) is 11.5 Å². The molecule has 1 fully saturated rings. The van der Waals surface area contributed by atoms with Crippen LogP contribution in [0, 0.1) is 0 Å². The number of nitrogens with zero attached hydrogens (tertiary/aromatic N) is 1. The quantitative estimate of drug-likeness (QED) is 0.607. The molecule has 3 aliphatic rings. The summed E-state index contributed by atoms with van der Waals surface area (Å²) < 4.78 is 11.0. The van der Waals surface area contributed by atoms with Gasteiger partial charge < -0.3 is 9.47 Å². The predicted octanol–water partition coefficient (Wildman–Crippen LogP) is 5.52. The highest BCUT2D eigenvalue weighted by Gasteiger charge is 2.38. The summed E-state index contributed by atoms with van der Waals surface area (Å²) in [5.41, 5.74) is 6.95. The Hall–Kier alpha value is -2.78. The number of rotatable bonds is 3. The van der Waals surface area contributed by atoms with E-state index >= 15 is 0 Å². The van der Waals surface area contributed by atoms with Gasteiger partial charge in [0.05, 0.1) is 0 Å². The maximum atomic E-state index is 5.58. The molecule has 0 aromatic heterocycles. The van der Waals surface area contributed by atoms with Crippen molar-refractivity contribution < 1.29 is 9.47 Å². The summed E-state index contributed by atoms with van der Waals surface area (Å²) in [4.78, 5) is 2.67. The number of ether oxygens (including phenoxy) is 2. The Balaban J connectivity index is 1.34. The second-order valence-electron chi connectivity index (χ2n) is 8.10. The molecule has 28 heavy (non-hydrogen) atoms. The fourth-order valence-electron chi connectivity index (χ4n) is 5.12. The van der Waals surface area contributed by atoms with E-state index in [0.29, 0.717) is 12.8 Å². The van der Waals surface area contributed by atoms with Crippen molar-refractivity contribution in [1.82, 2.24) is 4.90 Å². The third-order valence-corrected chi connectivity index (χ3v) is 6.53. The van der Waals surface area contributed by atoms with E-state index in [1.807, 2.05) is 6.07 Å². The smallest absolute Gasteiger partial charge is 0.231 e. The van der Waals surface area contributed by atoms with Gasteiger partial charge in [-0.15, -0.1) is 0 Å². The molecule has 1 unspecified atom stereocenters. The fraction of sp³-hybridized carbons (Fsp3) is 0.280. The molecule has 0 amide bonds. The van der Waals surface area contributed by atoms with E-state index < -0.39 is 0 Å². The van der Waals surface area contributed by atoms with Gasteiger partial charge in [0.2, 0.25) is 6.79 Å². The zero-order chi connectivity index (χ0) is 18.5. The van der Waals surface area contributed by atoms with Gasteiger partial charge in [-0.05, 0) is 71.3 Å². The molecule has 2 heterocycles. The highest BCUT2D eigenvalue weighted by Crippen LogP contribution is 2.50. The van der Waals surface area contributed by atoms with Gasteiger partial charge in [0.25, 0.3) is 0 Å². The summed E-state index contributed by atoms with van der Waals surface area (Å²) in [6.07, 6.45) is 2.52. The van der Waals surface area contributed by atoms with Crippen LogP contribution < -0.4 is 9.47 Å². The molecule has 3 aromatic carbocycles. The Kier molecular flexibility index (Phi) is 3.69. The Morgan fingerprint density at radius 3 is 2.57 bits per heavy atom. The van der Waals surface area contributed by atoms with Crippen molar-refractivity contribution in [2.45, 2.75) is 31.3 Å². The van der Waals surface area contributed by atoms with Crippen molar-refractivity contribution in [3.8, 4) is 22.6 Å². The van der Waals surface area contributed by atoms with E-state index in [1.165, 1.54) is 41.6 Å². The molecule has 6 rings (SSSR count). The number of hydrogen-bond acceptors (Lipinski definition) is 3. The number of hydrogen-bond donors (Lipinski definition) is 0. The maximum absolute atomic E-state index is 5.58. The molecule has 0 radical (unpaired) electrons. The van der Waals surface area contributed by atoms with Gasteiger partial charge in [0.1, 0.15) is 0 Å². The monoisotopic (exact) mass is 369 g/mol. The summed E-state index contributed by atoms with van der Waals surface area (Å²) in [6.45, 7) is 2.53. The van der Waals surface area contributed by atoms with Crippen LogP contribution in [0.2, 0.25) is 0 Å². The van der Waals surface area contributed by atoms with Crippen LogP contribution in [0.4, 0.5) is 0 Å². The Labute approximate surface area is 165 Å². The minimum absolute atomic E-state index is 0.321. The predicted molar refractivity (Wildman–Crippen MR) is 110 cm³/mol. The molecule has 3 nitrogen and oxygen atoms in total. The van der Waals surface area contributed by atoms with Crippen molar-refractivity contribution in [2.24, 2.45) is 0 Å². The van der Waals surface area contributed by atoms with E-state index in [4.69, 9.17) is 9.47 Å². The van der Waals surface area contributed by atoms with E-state index in [1.54, 1.807) is 5.56 Å². The van der Waals surface area contributed by atoms with Crippen molar-refractivity contribution in [1.29, 1.82) is 0 Å². The van der Waals surface area contributed by atoms with Crippen LogP contribution in [0.3, 0.4) is 0 Å². The number of fused-ring (bicyclic) bond motifs is 6.